The third kappa shape index (κ3) is 4.52. The van der Waals surface area contributed by atoms with Gasteiger partial charge in [-0.2, -0.15) is 0 Å². The normalized spacial score (nSPS) is 25.2. The summed E-state index contributed by atoms with van der Waals surface area (Å²) in [6.45, 7) is 5.56. The minimum Gasteiger partial charge on any atom is -0.387 e. The average Bonchev–Trinajstić information content (AvgIpc) is 2.95. The molecule has 2 N–H and O–H groups in total. The van der Waals surface area contributed by atoms with Crippen LogP contribution in [0.15, 0.2) is 42.5 Å². The highest BCUT2D eigenvalue weighted by molar-refractivity contribution is 5.94. The Hall–Kier alpha value is -2.28. The topological polar surface area (TPSA) is 64.0 Å². The lowest BCUT2D eigenvalue weighted by molar-refractivity contribution is -0.116. The van der Waals surface area contributed by atoms with E-state index in [1.807, 2.05) is 30.0 Å². The van der Waals surface area contributed by atoms with Gasteiger partial charge in [-0.15, -0.1) is 0 Å². The summed E-state index contributed by atoms with van der Waals surface area (Å²) in [5.41, 5.74) is 2.68. The second-order valence-electron chi connectivity index (χ2n) is 9.04. The molecule has 31 heavy (non-hydrogen) atoms. The maximum atomic E-state index is 13.3. The molecule has 2 heterocycles. The summed E-state index contributed by atoms with van der Waals surface area (Å²) < 4.78 is 13.3. The highest BCUT2D eigenvalue weighted by atomic mass is 19.1. The van der Waals surface area contributed by atoms with Gasteiger partial charge in [0.1, 0.15) is 5.82 Å². The Morgan fingerprint density at radius 3 is 2.65 bits per heavy atom. The van der Waals surface area contributed by atoms with Gasteiger partial charge >= 0.3 is 0 Å². The lowest BCUT2D eigenvalue weighted by Gasteiger charge is -2.28. The van der Waals surface area contributed by atoms with Gasteiger partial charge in [0.2, 0.25) is 5.91 Å². The molecular formula is C25H31FN2O3. The van der Waals surface area contributed by atoms with E-state index >= 15 is 0 Å². The number of carbonyl (C=O) groups excluding carboxylic acids is 1. The minimum atomic E-state index is -0.965. The number of aliphatic hydroxyl groups is 2. The molecule has 0 aliphatic carbocycles. The third-order valence-corrected chi connectivity index (χ3v) is 6.76. The van der Waals surface area contributed by atoms with Crippen LogP contribution in [-0.4, -0.2) is 46.7 Å². The molecule has 2 aromatic rings. The van der Waals surface area contributed by atoms with Gasteiger partial charge in [-0.1, -0.05) is 24.3 Å². The molecule has 2 aliphatic heterocycles. The molecular weight excluding hydrogens is 395 g/mol. The molecule has 0 bridgehead atoms. The van der Waals surface area contributed by atoms with Crippen LogP contribution in [0.4, 0.5) is 10.1 Å². The number of hydrogen-bond acceptors (Lipinski definition) is 4. The molecule has 2 aromatic carbocycles. The number of rotatable bonds is 4. The third-order valence-electron chi connectivity index (χ3n) is 6.76. The van der Waals surface area contributed by atoms with Crippen LogP contribution in [0.5, 0.6) is 0 Å². The van der Waals surface area contributed by atoms with Crippen LogP contribution in [0.25, 0.3) is 0 Å². The lowest BCUT2D eigenvalue weighted by atomic mass is 9.87. The van der Waals surface area contributed by atoms with E-state index in [-0.39, 0.29) is 17.8 Å². The quantitative estimate of drug-likeness (QED) is 0.785. The first-order valence-corrected chi connectivity index (χ1v) is 11.1. The van der Waals surface area contributed by atoms with Crippen molar-refractivity contribution >= 4 is 11.6 Å². The predicted octanol–water partition coefficient (Wildman–Crippen LogP) is 3.53. The second-order valence-corrected chi connectivity index (χ2v) is 9.04. The molecule has 2 aliphatic rings. The monoisotopic (exact) mass is 426 g/mol. The number of halogens is 1. The molecule has 3 atom stereocenters. The highest BCUT2D eigenvalue weighted by Crippen LogP contribution is 2.35. The fourth-order valence-corrected chi connectivity index (χ4v) is 5.09. The van der Waals surface area contributed by atoms with Crippen molar-refractivity contribution in [2.45, 2.75) is 57.3 Å². The van der Waals surface area contributed by atoms with Gasteiger partial charge in [0.15, 0.2) is 0 Å². The van der Waals surface area contributed by atoms with Crippen LogP contribution >= 0.6 is 0 Å². The van der Waals surface area contributed by atoms with Gasteiger partial charge in [-0.25, -0.2) is 4.39 Å². The smallest absolute Gasteiger partial charge is 0.224 e. The molecule has 1 fully saturated rings. The first-order valence-electron chi connectivity index (χ1n) is 11.1. The molecule has 6 heteroatoms. The van der Waals surface area contributed by atoms with E-state index in [0.29, 0.717) is 25.9 Å². The van der Waals surface area contributed by atoms with E-state index in [9.17, 15) is 19.4 Å². The van der Waals surface area contributed by atoms with Crippen LogP contribution in [0.1, 0.15) is 55.9 Å². The predicted molar refractivity (Wildman–Crippen MR) is 118 cm³/mol. The number of amides is 1. The number of likely N-dealkylation sites (tertiary alicyclic amines) is 1. The van der Waals surface area contributed by atoms with Crippen LogP contribution in [-0.2, 0) is 16.8 Å². The average molecular weight is 427 g/mol. The summed E-state index contributed by atoms with van der Waals surface area (Å²) in [6, 6.07) is 12.1. The Kier molecular flexibility index (Phi) is 6.15. The van der Waals surface area contributed by atoms with Crippen molar-refractivity contribution in [2.75, 3.05) is 24.5 Å². The molecule has 166 valence electrons. The van der Waals surface area contributed by atoms with E-state index in [1.165, 1.54) is 12.1 Å². The van der Waals surface area contributed by atoms with Crippen molar-refractivity contribution in [3.8, 4) is 0 Å². The number of carbonyl (C=O) groups is 1. The Morgan fingerprint density at radius 2 is 1.94 bits per heavy atom. The minimum absolute atomic E-state index is 0.0396. The second kappa shape index (κ2) is 8.69. The SMILES string of the molecule is CC(=O)N1c2ccc([C@H](O)CN3CCC[C@@](O)(c4ccc(F)cc4)CC3)cc2C[C@@H]1C. The first kappa shape index (κ1) is 21.9. The van der Waals surface area contributed by atoms with E-state index in [4.69, 9.17) is 0 Å². The number of aliphatic hydroxyl groups excluding tert-OH is 1. The zero-order valence-electron chi connectivity index (χ0n) is 18.2. The molecule has 0 unspecified atom stereocenters. The molecule has 1 saturated heterocycles. The number of fused-ring (bicyclic) bond motifs is 1. The van der Waals surface area contributed by atoms with Crippen LogP contribution in [0.2, 0.25) is 0 Å². The fraction of sp³-hybridized carbons (Fsp3) is 0.480. The first-order chi connectivity index (χ1) is 14.8. The maximum absolute atomic E-state index is 13.3. The van der Waals surface area contributed by atoms with Gasteiger partial charge in [0, 0.05) is 31.7 Å². The van der Waals surface area contributed by atoms with Crippen molar-refractivity contribution in [3.63, 3.8) is 0 Å². The van der Waals surface area contributed by atoms with Gasteiger partial charge in [0.25, 0.3) is 0 Å². The number of anilines is 1. The lowest BCUT2D eigenvalue weighted by Crippen LogP contribution is -2.33. The van der Waals surface area contributed by atoms with Gasteiger partial charge < -0.3 is 20.0 Å². The Balaban J connectivity index is 1.42. The molecule has 1 amide bonds. The largest absolute Gasteiger partial charge is 0.387 e. The number of nitrogens with zero attached hydrogens (tertiary/aromatic N) is 2. The summed E-state index contributed by atoms with van der Waals surface area (Å²) in [6.07, 6.45) is 2.12. The molecule has 0 spiro atoms. The fourth-order valence-electron chi connectivity index (χ4n) is 5.09. The summed E-state index contributed by atoms with van der Waals surface area (Å²) in [5, 5.41) is 22.0. The highest BCUT2D eigenvalue weighted by Gasteiger charge is 2.33. The summed E-state index contributed by atoms with van der Waals surface area (Å²) in [4.78, 5) is 15.9. The molecule has 4 rings (SSSR count). The van der Waals surface area contributed by atoms with Crippen molar-refractivity contribution < 1.29 is 19.4 Å². The van der Waals surface area contributed by atoms with E-state index in [0.717, 1.165) is 41.8 Å². The molecule has 0 aromatic heterocycles. The Bertz CT molecular complexity index is 948. The Morgan fingerprint density at radius 1 is 1.19 bits per heavy atom. The number of benzene rings is 2. The van der Waals surface area contributed by atoms with Crippen LogP contribution < -0.4 is 4.90 Å². The zero-order valence-corrected chi connectivity index (χ0v) is 18.2. The van der Waals surface area contributed by atoms with Crippen molar-refractivity contribution in [2.24, 2.45) is 0 Å². The zero-order chi connectivity index (χ0) is 22.2. The van der Waals surface area contributed by atoms with E-state index in [2.05, 4.69) is 4.90 Å². The maximum Gasteiger partial charge on any atom is 0.224 e. The molecule has 0 radical (unpaired) electrons. The standard InChI is InChI=1S/C25H31FN2O3/c1-17-14-20-15-19(4-9-23(20)28(17)18(2)29)24(30)16-27-12-3-10-25(31,11-13-27)21-5-7-22(26)8-6-21/h4-9,15,17,24,30-31H,3,10-14,16H2,1-2H3/t17-,24+,25-/m0/s1. The molecule has 0 saturated carbocycles. The van der Waals surface area contributed by atoms with Gasteiger partial charge in [-0.3, -0.25) is 4.79 Å². The number of β-amino-alcohol motifs (C(OH)–C–C–N with tert-alkyl or cyclic N) is 1. The van der Waals surface area contributed by atoms with E-state index in [1.54, 1.807) is 19.1 Å². The van der Waals surface area contributed by atoms with Crippen LogP contribution in [0, 0.1) is 5.82 Å². The van der Waals surface area contributed by atoms with Crippen molar-refractivity contribution in [3.05, 3.63) is 65.0 Å². The summed E-state index contributed by atoms with van der Waals surface area (Å²) in [5.74, 6) is -0.265. The Labute approximate surface area is 183 Å². The van der Waals surface area contributed by atoms with Crippen molar-refractivity contribution in [1.29, 1.82) is 0 Å². The van der Waals surface area contributed by atoms with E-state index < -0.39 is 11.7 Å². The number of hydrogen-bond donors (Lipinski definition) is 2. The van der Waals surface area contributed by atoms with Crippen molar-refractivity contribution in [1.82, 2.24) is 4.90 Å². The van der Waals surface area contributed by atoms with Crippen LogP contribution in [0.3, 0.4) is 0 Å². The summed E-state index contributed by atoms with van der Waals surface area (Å²) >= 11 is 0. The molecule has 5 nitrogen and oxygen atoms in total. The van der Waals surface area contributed by atoms with Gasteiger partial charge in [-0.05, 0) is 74.0 Å². The van der Waals surface area contributed by atoms with Gasteiger partial charge in [0.05, 0.1) is 11.7 Å². The summed E-state index contributed by atoms with van der Waals surface area (Å²) in [7, 11) is 0.